The molecule has 4 aliphatic heterocycles. The van der Waals surface area contributed by atoms with Crippen molar-refractivity contribution in [3.05, 3.63) is 107 Å². The molecule has 2 atom stereocenters. The number of hydrogen-bond donors (Lipinski definition) is 1. The highest BCUT2D eigenvalue weighted by molar-refractivity contribution is 6.26. The van der Waals surface area contributed by atoms with Gasteiger partial charge in [0, 0.05) is 39.1 Å². The Hall–Kier alpha value is -4.81. The van der Waals surface area contributed by atoms with Crippen LogP contribution in [0.15, 0.2) is 78.9 Å². The largest absolute Gasteiger partial charge is 0.332 e. The number of nitrogens with zero attached hydrogens (tertiary/aromatic N) is 4. The number of nitrogens with one attached hydrogen (secondary N) is 1. The topological polar surface area (TPSA) is 110 Å². The predicted octanol–water partition coefficient (Wildman–Crippen LogP) is 3.34. The van der Waals surface area contributed by atoms with Crippen molar-refractivity contribution in [1.82, 2.24) is 24.9 Å². The van der Waals surface area contributed by atoms with Gasteiger partial charge < -0.3 is 4.90 Å². The SMILES string of the molecule is O=C1CCC(N2C(=O)c3cccc(C(=O)N4CCC(N5CCN(C(c6ccccc6)c6ccccc6)CC5)C(F)(F)C4)c3C2=O)C(=O)N1. The van der Waals surface area contributed by atoms with Gasteiger partial charge in [-0.05, 0) is 36.1 Å². The van der Waals surface area contributed by atoms with E-state index in [1.54, 1.807) is 0 Å². The summed E-state index contributed by atoms with van der Waals surface area (Å²) >= 11 is 0. The molecule has 0 radical (unpaired) electrons. The Kier molecular flexibility index (Phi) is 8.38. The zero-order chi connectivity index (χ0) is 33.6. The van der Waals surface area contributed by atoms with Crippen LogP contribution in [-0.4, -0.2) is 106 Å². The van der Waals surface area contributed by atoms with Gasteiger partial charge in [-0.1, -0.05) is 66.7 Å². The minimum atomic E-state index is -3.22. The third-order valence-electron chi connectivity index (χ3n) is 9.93. The average Bonchev–Trinajstić information content (AvgIpc) is 3.34. The van der Waals surface area contributed by atoms with Crippen LogP contribution >= 0.6 is 0 Å². The number of piperidine rings is 2. The zero-order valence-electron chi connectivity index (χ0n) is 26.2. The Balaban J connectivity index is 1.04. The fraction of sp³-hybridized carbons (Fsp3) is 0.361. The van der Waals surface area contributed by atoms with E-state index in [-0.39, 0.29) is 48.5 Å². The van der Waals surface area contributed by atoms with E-state index in [4.69, 9.17) is 0 Å². The van der Waals surface area contributed by atoms with Crippen molar-refractivity contribution in [2.45, 2.75) is 43.3 Å². The maximum atomic E-state index is 15.9. The van der Waals surface area contributed by atoms with Crippen molar-refractivity contribution in [3.63, 3.8) is 0 Å². The second kappa shape index (κ2) is 12.7. The molecule has 3 fully saturated rings. The summed E-state index contributed by atoms with van der Waals surface area (Å²) in [6.45, 7) is 1.32. The number of carbonyl (C=O) groups is 5. The third kappa shape index (κ3) is 5.68. The van der Waals surface area contributed by atoms with Gasteiger partial charge >= 0.3 is 0 Å². The standard InChI is InChI=1S/C36H35F2N5O5/c37-36(38)22-42(33(46)25-12-7-13-26-30(25)35(48)43(34(26)47)27-14-15-29(44)39-32(27)45)17-16-28(36)40-18-20-41(21-19-40)31(23-8-3-1-4-9-23)24-10-5-2-6-11-24/h1-13,27-28,31H,14-22H2,(H,39,44,45). The number of carbonyl (C=O) groups excluding carboxylic acids is 5. The van der Waals surface area contributed by atoms with E-state index in [1.165, 1.54) is 18.2 Å². The van der Waals surface area contributed by atoms with Crippen LogP contribution in [0.2, 0.25) is 0 Å². The lowest BCUT2D eigenvalue weighted by Gasteiger charge is -2.47. The van der Waals surface area contributed by atoms with E-state index in [9.17, 15) is 24.0 Å². The van der Waals surface area contributed by atoms with Gasteiger partial charge in [-0.2, -0.15) is 0 Å². The Morgan fingerprint density at radius 1 is 0.771 bits per heavy atom. The Morgan fingerprint density at radius 2 is 1.42 bits per heavy atom. The number of imide groups is 2. The monoisotopic (exact) mass is 655 g/mol. The molecule has 248 valence electrons. The summed E-state index contributed by atoms with van der Waals surface area (Å²) in [5.41, 5.74) is 1.85. The number of halogens is 2. The highest BCUT2D eigenvalue weighted by atomic mass is 19.3. The molecule has 4 heterocycles. The predicted molar refractivity (Wildman–Crippen MR) is 170 cm³/mol. The van der Waals surface area contributed by atoms with Gasteiger partial charge in [0.05, 0.1) is 35.3 Å². The number of piperazine rings is 1. The number of hydrogen-bond acceptors (Lipinski definition) is 7. The second-order valence-electron chi connectivity index (χ2n) is 12.8. The maximum Gasteiger partial charge on any atom is 0.280 e. The van der Waals surface area contributed by atoms with Crippen LogP contribution in [0.3, 0.4) is 0 Å². The summed E-state index contributed by atoms with van der Waals surface area (Å²) in [6.07, 6.45) is -0.0360. The molecule has 10 nitrogen and oxygen atoms in total. The molecule has 12 heteroatoms. The molecule has 48 heavy (non-hydrogen) atoms. The van der Waals surface area contributed by atoms with Crippen molar-refractivity contribution < 1.29 is 32.8 Å². The molecule has 4 aliphatic rings. The third-order valence-corrected chi connectivity index (χ3v) is 9.93. The molecule has 3 aromatic carbocycles. The van der Waals surface area contributed by atoms with E-state index in [2.05, 4.69) is 34.5 Å². The van der Waals surface area contributed by atoms with Gasteiger partial charge in [0.1, 0.15) is 6.04 Å². The Labute approximate surface area is 276 Å². The van der Waals surface area contributed by atoms with E-state index < -0.39 is 54.1 Å². The van der Waals surface area contributed by atoms with E-state index in [0.29, 0.717) is 26.2 Å². The van der Waals surface area contributed by atoms with Crippen LogP contribution in [0, 0.1) is 0 Å². The molecule has 7 rings (SSSR count). The van der Waals surface area contributed by atoms with E-state index in [1.807, 2.05) is 41.3 Å². The summed E-state index contributed by atoms with van der Waals surface area (Å²) in [4.78, 5) is 70.5. The quantitative estimate of drug-likeness (QED) is 0.406. The first-order chi connectivity index (χ1) is 23.1. The number of fused-ring (bicyclic) bond motifs is 1. The molecule has 0 bridgehead atoms. The summed E-state index contributed by atoms with van der Waals surface area (Å²) in [7, 11) is 0. The van der Waals surface area contributed by atoms with Crippen molar-refractivity contribution in [2.24, 2.45) is 0 Å². The fourth-order valence-electron chi connectivity index (χ4n) is 7.61. The van der Waals surface area contributed by atoms with Gasteiger partial charge in [0.2, 0.25) is 11.8 Å². The maximum absolute atomic E-state index is 15.9. The molecule has 0 aliphatic carbocycles. The minimum Gasteiger partial charge on any atom is -0.332 e. The molecule has 0 saturated carbocycles. The first-order valence-electron chi connectivity index (χ1n) is 16.2. The van der Waals surface area contributed by atoms with Crippen molar-refractivity contribution >= 4 is 29.5 Å². The number of benzene rings is 3. The molecule has 3 aromatic rings. The summed E-state index contributed by atoms with van der Waals surface area (Å²) in [5.74, 6) is -6.87. The zero-order valence-corrected chi connectivity index (χ0v) is 26.2. The molecule has 1 N–H and O–H groups in total. The Morgan fingerprint density at radius 3 is 2.02 bits per heavy atom. The van der Waals surface area contributed by atoms with Gasteiger partial charge in [-0.3, -0.25) is 44.0 Å². The first kappa shape index (κ1) is 31.8. The lowest BCUT2D eigenvalue weighted by Crippen LogP contribution is -2.62. The van der Waals surface area contributed by atoms with E-state index >= 15 is 8.78 Å². The minimum absolute atomic E-state index is 0.00244. The fourth-order valence-corrected chi connectivity index (χ4v) is 7.61. The number of rotatable bonds is 6. The summed E-state index contributed by atoms with van der Waals surface area (Å²) in [5, 5.41) is 2.14. The van der Waals surface area contributed by atoms with Gasteiger partial charge in [0.15, 0.2) is 0 Å². The summed E-state index contributed by atoms with van der Waals surface area (Å²) < 4.78 is 31.8. The molecular weight excluding hydrogens is 620 g/mol. The highest BCUT2D eigenvalue weighted by Gasteiger charge is 2.51. The molecule has 0 spiro atoms. The van der Waals surface area contributed by atoms with Gasteiger partial charge in [0.25, 0.3) is 23.6 Å². The Bertz CT molecular complexity index is 1720. The summed E-state index contributed by atoms with van der Waals surface area (Å²) in [6, 6.07) is 22.2. The van der Waals surface area contributed by atoms with Crippen molar-refractivity contribution in [3.8, 4) is 0 Å². The van der Waals surface area contributed by atoms with E-state index in [0.717, 1.165) is 20.9 Å². The normalized spacial score (nSPS) is 23.4. The van der Waals surface area contributed by atoms with Crippen LogP contribution in [0.5, 0.6) is 0 Å². The van der Waals surface area contributed by atoms with Crippen LogP contribution in [0.25, 0.3) is 0 Å². The van der Waals surface area contributed by atoms with Crippen LogP contribution in [-0.2, 0) is 9.59 Å². The number of amides is 5. The average molecular weight is 656 g/mol. The van der Waals surface area contributed by atoms with Crippen LogP contribution in [0.1, 0.15) is 67.5 Å². The molecule has 0 aromatic heterocycles. The number of alkyl halides is 2. The van der Waals surface area contributed by atoms with Crippen LogP contribution in [0.4, 0.5) is 8.78 Å². The molecule has 2 unspecified atom stereocenters. The lowest BCUT2D eigenvalue weighted by molar-refractivity contribution is -0.136. The molecular formula is C36H35F2N5O5. The van der Waals surface area contributed by atoms with Crippen LogP contribution < -0.4 is 5.32 Å². The van der Waals surface area contributed by atoms with Gasteiger partial charge in [-0.15, -0.1) is 0 Å². The second-order valence-corrected chi connectivity index (χ2v) is 12.8. The highest BCUT2D eigenvalue weighted by Crippen LogP contribution is 2.36. The first-order valence-corrected chi connectivity index (χ1v) is 16.2. The smallest absolute Gasteiger partial charge is 0.280 e. The van der Waals surface area contributed by atoms with Crippen molar-refractivity contribution in [1.29, 1.82) is 0 Å². The lowest BCUT2D eigenvalue weighted by atomic mass is 9.94. The molecule has 5 amide bonds. The van der Waals surface area contributed by atoms with Gasteiger partial charge in [-0.25, -0.2) is 8.78 Å². The van der Waals surface area contributed by atoms with Crippen molar-refractivity contribution in [2.75, 3.05) is 39.3 Å². The number of likely N-dealkylation sites (tertiary alicyclic amines) is 1. The molecule has 3 saturated heterocycles.